The topological polar surface area (TPSA) is 120 Å². The van der Waals surface area contributed by atoms with Gasteiger partial charge in [-0.25, -0.2) is 0 Å². The third-order valence-electron chi connectivity index (χ3n) is 9.94. The van der Waals surface area contributed by atoms with Crippen LogP contribution in [0.1, 0.15) is 63.0 Å². The van der Waals surface area contributed by atoms with Gasteiger partial charge in [-0.1, -0.05) is 55.2 Å². The van der Waals surface area contributed by atoms with Crippen molar-refractivity contribution in [3.63, 3.8) is 0 Å². The summed E-state index contributed by atoms with van der Waals surface area (Å²) in [6.07, 6.45) is 1.89. The minimum Gasteiger partial charge on any atom is -0.394 e. The van der Waals surface area contributed by atoms with Crippen LogP contribution in [0.5, 0.6) is 0 Å². The van der Waals surface area contributed by atoms with Crippen LogP contribution in [0.2, 0.25) is 10.0 Å². The highest BCUT2D eigenvalue weighted by atomic mass is 35.5. The fourth-order valence-electron chi connectivity index (χ4n) is 7.81. The number of ether oxygens (including phenoxy) is 1. The number of benzene rings is 2. The Morgan fingerprint density at radius 3 is 2.51 bits per heavy atom. The van der Waals surface area contributed by atoms with E-state index in [0.29, 0.717) is 28.6 Å². The smallest absolute Gasteiger partial charge is 0.238 e. The third kappa shape index (κ3) is 4.67. The molecule has 1 saturated carbocycles. The van der Waals surface area contributed by atoms with Crippen molar-refractivity contribution in [2.24, 2.45) is 5.41 Å². The van der Waals surface area contributed by atoms with Gasteiger partial charge in [-0.2, -0.15) is 0 Å². The predicted octanol–water partition coefficient (Wildman–Crippen LogP) is 3.90. The van der Waals surface area contributed by atoms with Gasteiger partial charge < -0.3 is 25.6 Å². The van der Waals surface area contributed by atoms with Gasteiger partial charge in [-0.15, -0.1) is 0 Å². The molecule has 1 aliphatic carbocycles. The summed E-state index contributed by atoms with van der Waals surface area (Å²) in [6.45, 7) is 4.38. The van der Waals surface area contributed by atoms with E-state index in [0.717, 1.165) is 24.0 Å². The molecule has 41 heavy (non-hydrogen) atoms. The summed E-state index contributed by atoms with van der Waals surface area (Å²) < 4.78 is 5.61. The van der Waals surface area contributed by atoms with Gasteiger partial charge in [0.2, 0.25) is 11.8 Å². The minimum absolute atomic E-state index is 0.108. The van der Waals surface area contributed by atoms with Gasteiger partial charge in [0.25, 0.3) is 0 Å². The van der Waals surface area contributed by atoms with Crippen molar-refractivity contribution in [3.8, 4) is 0 Å². The molecule has 5 N–H and O–H groups in total. The number of carbonyl (C=O) groups is 2. The van der Waals surface area contributed by atoms with Gasteiger partial charge in [0.1, 0.15) is 11.5 Å². The molecule has 8 nitrogen and oxygen atoms in total. The molecular formula is C31H37Cl2N3O5. The summed E-state index contributed by atoms with van der Waals surface area (Å²) in [5, 5.41) is 30.9. The number of aliphatic hydroxyl groups is 2. The lowest BCUT2D eigenvalue weighted by atomic mass is 9.53. The maximum Gasteiger partial charge on any atom is 0.238 e. The molecular weight excluding hydrogens is 565 g/mol. The van der Waals surface area contributed by atoms with E-state index in [4.69, 9.17) is 27.9 Å². The van der Waals surface area contributed by atoms with E-state index in [1.165, 1.54) is 0 Å². The van der Waals surface area contributed by atoms with Crippen LogP contribution in [0, 0.1) is 5.41 Å². The molecule has 10 heteroatoms. The summed E-state index contributed by atoms with van der Waals surface area (Å²) in [6, 6.07) is 11.7. The standard InChI is InChI=1S/C31H37Cl2N3O5/c1-29(2)8-10-30(11-9-29)31(21-7-6-19(33)13-22(21)35-28(31)40)25(17-4-3-5-18(32)12-17)26(36-30)27(39)34-20-14-23(38)24(15-37)41-16-20/h3-7,12-13,20,23-26,36-38H,8-11,14-16H2,1-2H3,(H,34,39)(H,35,40)/t20-,23+,24-,25+,26-,31-/m1/s1. The molecule has 6 atom stereocenters. The lowest BCUT2D eigenvalue weighted by Gasteiger charge is -2.50. The first kappa shape index (κ1) is 28.9. The van der Waals surface area contributed by atoms with Crippen molar-refractivity contribution in [1.82, 2.24) is 10.6 Å². The van der Waals surface area contributed by atoms with E-state index in [9.17, 15) is 19.8 Å². The van der Waals surface area contributed by atoms with Gasteiger partial charge in [-0.05, 0) is 72.9 Å². The normalized spacial score (nSPS) is 33.5. The Morgan fingerprint density at radius 2 is 1.83 bits per heavy atom. The largest absolute Gasteiger partial charge is 0.394 e. The number of aliphatic hydroxyl groups excluding tert-OH is 2. The SMILES string of the molecule is CC1(C)CCC2(CC1)N[C@@H](C(=O)N[C@H]1CO[C@H](CO)[C@@H](O)C1)[C@H](c1cccc(Cl)c1)[C@]21C(=O)Nc2cc(Cl)ccc21. The van der Waals surface area contributed by atoms with Crippen LogP contribution in [0.15, 0.2) is 42.5 Å². The molecule has 4 aliphatic rings. The Morgan fingerprint density at radius 1 is 1.10 bits per heavy atom. The van der Waals surface area contributed by atoms with Crippen LogP contribution in [-0.2, 0) is 19.7 Å². The second kappa shape index (κ2) is 10.5. The minimum atomic E-state index is -1.10. The number of carbonyl (C=O) groups excluding carboxylic acids is 2. The fourth-order valence-corrected chi connectivity index (χ4v) is 8.18. The van der Waals surface area contributed by atoms with Crippen molar-refractivity contribution in [2.45, 2.75) is 87.1 Å². The molecule has 0 radical (unpaired) electrons. The molecule has 3 fully saturated rings. The number of hydrogen-bond acceptors (Lipinski definition) is 6. The highest BCUT2D eigenvalue weighted by molar-refractivity contribution is 6.31. The van der Waals surface area contributed by atoms with Crippen LogP contribution < -0.4 is 16.0 Å². The average molecular weight is 603 g/mol. The van der Waals surface area contributed by atoms with Crippen LogP contribution >= 0.6 is 23.2 Å². The van der Waals surface area contributed by atoms with E-state index in [1.54, 1.807) is 12.1 Å². The highest BCUT2D eigenvalue weighted by Crippen LogP contribution is 2.63. The molecule has 220 valence electrons. The monoisotopic (exact) mass is 601 g/mol. The van der Waals surface area contributed by atoms with Crippen LogP contribution in [0.4, 0.5) is 5.69 Å². The lowest BCUT2D eigenvalue weighted by Crippen LogP contribution is -2.61. The second-order valence-corrected chi connectivity index (χ2v) is 13.8. The highest BCUT2D eigenvalue weighted by Gasteiger charge is 2.72. The van der Waals surface area contributed by atoms with Gasteiger partial charge in [0.05, 0.1) is 31.4 Å². The first-order valence-electron chi connectivity index (χ1n) is 14.4. The number of fused-ring (bicyclic) bond motifs is 3. The van der Waals surface area contributed by atoms with Crippen molar-refractivity contribution >= 4 is 40.7 Å². The molecule has 2 amide bonds. The predicted molar refractivity (Wildman–Crippen MR) is 157 cm³/mol. The fraction of sp³-hybridized carbons (Fsp3) is 0.548. The molecule has 0 unspecified atom stereocenters. The Balaban J connectivity index is 1.48. The summed E-state index contributed by atoms with van der Waals surface area (Å²) >= 11 is 12.9. The van der Waals surface area contributed by atoms with E-state index in [1.807, 2.05) is 30.3 Å². The Hall–Kier alpha value is -2.20. The van der Waals surface area contributed by atoms with Crippen LogP contribution in [0.3, 0.4) is 0 Å². The number of anilines is 1. The maximum atomic E-state index is 14.5. The van der Waals surface area contributed by atoms with E-state index < -0.39 is 41.2 Å². The van der Waals surface area contributed by atoms with Crippen molar-refractivity contribution in [1.29, 1.82) is 0 Å². The van der Waals surface area contributed by atoms with Gasteiger partial charge in [-0.3, -0.25) is 14.9 Å². The quantitative estimate of drug-likeness (QED) is 0.362. The zero-order chi connectivity index (χ0) is 29.2. The molecule has 2 aromatic carbocycles. The molecule has 2 saturated heterocycles. The van der Waals surface area contributed by atoms with Crippen molar-refractivity contribution in [2.75, 3.05) is 18.5 Å². The number of rotatable bonds is 4. The van der Waals surface area contributed by atoms with Crippen LogP contribution in [0.25, 0.3) is 0 Å². The zero-order valence-corrected chi connectivity index (χ0v) is 24.8. The number of amides is 2. The maximum absolute atomic E-state index is 14.5. The molecule has 2 spiro atoms. The number of nitrogens with one attached hydrogen (secondary N) is 3. The van der Waals surface area contributed by atoms with Gasteiger partial charge >= 0.3 is 0 Å². The summed E-state index contributed by atoms with van der Waals surface area (Å²) in [7, 11) is 0. The summed E-state index contributed by atoms with van der Waals surface area (Å²) in [4.78, 5) is 28.8. The van der Waals surface area contributed by atoms with Crippen molar-refractivity contribution < 1.29 is 24.5 Å². The molecule has 6 rings (SSSR count). The zero-order valence-electron chi connectivity index (χ0n) is 23.3. The molecule has 2 aromatic rings. The Kier molecular flexibility index (Phi) is 7.41. The number of hydrogen-bond donors (Lipinski definition) is 5. The summed E-state index contributed by atoms with van der Waals surface area (Å²) in [5.74, 6) is -0.997. The average Bonchev–Trinajstić information content (AvgIpc) is 3.38. The molecule has 3 aliphatic heterocycles. The van der Waals surface area contributed by atoms with E-state index in [-0.39, 0.29) is 36.9 Å². The molecule has 3 heterocycles. The van der Waals surface area contributed by atoms with E-state index >= 15 is 0 Å². The van der Waals surface area contributed by atoms with Crippen LogP contribution in [-0.4, -0.2) is 65.1 Å². The van der Waals surface area contributed by atoms with Gasteiger partial charge in [0.15, 0.2) is 0 Å². The van der Waals surface area contributed by atoms with Gasteiger partial charge in [0, 0.05) is 27.2 Å². The van der Waals surface area contributed by atoms with E-state index in [2.05, 4.69) is 29.8 Å². The molecule has 0 bridgehead atoms. The first-order chi connectivity index (χ1) is 19.5. The number of halogens is 2. The Bertz CT molecular complexity index is 1360. The lowest BCUT2D eigenvalue weighted by molar-refractivity contribution is -0.131. The summed E-state index contributed by atoms with van der Waals surface area (Å²) in [5.41, 5.74) is 0.606. The Labute approximate surface area is 250 Å². The second-order valence-electron chi connectivity index (χ2n) is 12.9. The molecule has 0 aromatic heterocycles. The first-order valence-corrected chi connectivity index (χ1v) is 15.1. The van der Waals surface area contributed by atoms with Crippen molar-refractivity contribution in [3.05, 3.63) is 63.6 Å². The third-order valence-corrected chi connectivity index (χ3v) is 10.4.